The Morgan fingerprint density at radius 1 is 1.03 bits per heavy atom. The maximum atomic E-state index is 13.1. The van der Waals surface area contributed by atoms with Crippen LogP contribution in [0.5, 0.6) is 11.5 Å². The van der Waals surface area contributed by atoms with Crippen molar-refractivity contribution < 1.29 is 19.1 Å². The van der Waals surface area contributed by atoms with Gasteiger partial charge < -0.3 is 19.7 Å². The molecule has 1 fully saturated rings. The van der Waals surface area contributed by atoms with E-state index in [9.17, 15) is 9.59 Å². The number of amides is 2. The molecule has 1 aliphatic rings. The highest BCUT2D eigenvalue weighted by Gasteiger charge is 2.28. The van der Waals surface area contributed by atoms with Crippen molar-refractivity contribution in [3.8, 4) is 11.5 Å². The molecule has 1 N–H and O–H groups in total. The van der Waals surface area contributed by atoms with E-state index < -0.39 is 6.04 Å². The molecule has 6 nitrogen and oxygen atoms in total. The number of nitrogens with zero attached hydrogens (tertiary/aromatic N) is 1. The van der Waals surface area contributed by atoms with Crippen LogP contribution >= 0.6 is 22.6 Å². The van der Waals surface area contributed by atoms with Crippen LogP contribution in [-0.4, -0.2) is 42.5 Å². The Balaban J connectivity index is 1.69. The fourth-order valence-electron chi connectivity index (χ4n) is 3.84. The lowest BCUT2D eigenvalue weighted by Crippen LogP contribution is -2.51. The summed E-state index contributed by atoms with van der Waals surface area (Å²) in [6.07, 6.45) is 5.50. The molecule has 7 heteroatoms. The SMILES string of the molecule is COc1ccc(CN(C(=O)COc2ccc(I)cc2)[C@H](C)C(=O)NC2CCCCC2)cc1. The van der Waals surface area contributed by atoms with Crippen molar-refractivity contribution in [3.05, 3.63) is 57.7 Å². The van der Waals surface area contributed by atoms with Crippen molar-refractivity contribution in [2.75, 3.05) is 13.7 Å². The Morgan fingerprint density at radius 2 is 1.66 bits per heavy atom. The largest absolute Gasteiger partial charge is 0.497 e. The summed E-state index contributed by atoms with van der Waals surface area (Å²) in [6.45, 7) is 1.97. The molecule has 0 unspecified atom stereocenters. The van der Waals surface area contributed by atoms with Crippen LogP contribution < -0.4 is 14.8 Å². The average Bonchev–Trinajstić information content (AvgIpc) is 2.82. The van der Waals surface area contributed by atoms with Crippen molar-refractivity contribution in [3.63, 3.8) is 0 Å². The van der Waals surface area contributed by atoms with E-state index in [0.29, 0.717) is 12.3 Å². The van der Waals surface area contributed by atoms with E-state index >= 15 is 0 Å². The number of hydrogen-bond acceptors (Lipinski definition) is 4. The number of benzene rings is 2. The molecule has 2 amide bonds. The first-order chi connectivity index (χ1) is 15.5. The van der Waals surface area contributed by atoms with Gasteiger partial charge in [0, 0.05) is 16.2 Å². The summed E-state index contributed by atoms with van der Waals surface area (Å²) in [5.41, 5.74) is 0.922. The van der Waals surface area contributed by atoms with Gasteiger partial charge in [-0.1, -0.05) is 31.4 Å². The lowest BCUT2D eigenvalue weighted by molar-refractivity contribution is -0.142. The first kappa shape index (κ1) is 24.4. The van der Waals surface area contributed by atoms with Crippen molar-refractivity contribution in [2.24, 2.45) is 0 Å². The van der Waals surface area contributed by atoms with Gasteiger partial charge in [-0.2, -0.15) is 0 Å². The number of carbonyl (C=O) groups is 2. The molecule has 0 aromatic heterocycles. The van der Waals surface area contributed by atoms with E-state index in [4.69, 9.17) is 9.47 Å². The minimum absolute atomic E-state index is 0.118. The summed E-state index contributed by atoms with van der Waals surface area (Å²) in [5.74, 6) is 1.03. The quantitative estimate of drug-likeness (QED) is 0.466. The average molecular weight is 550 g/mol. The van der Waals surface area contributed by atoms with Crippen LogP contribution in [0.3, 0.4) is 0 Å². The highest BCUT2D eigenvalue weighted by Crippen LogP contribution is 2.19. The molecule has 172 valence electrons. The van der Waals surface area contributed by atoms with Crippen LogP contribution in [0.4, 0.5) is 0 Å². The Labute approximate surface area is 203 Å². The molecular formula is C25H31IN2O4. The van der Waals surface area contributed by atoms with Crippen LogP contribution in [0.2, 0.25) is 0 Å². The highest BCUT2D eigenvalue weighted by atomic mass is 127. The van der Waals surface area contributed by atoms with Crippen molar-refractivity contribution in [1.82, 2.24) is 10.2 Å². The second-order valence-corrected chi connectivity index (χ2v) is 9.38. The van der Waals surface area contributed by atoms with Crippen LogP contribution in [-0.2, 0) is 16.1 Å². The van der Waals surface area contributed by atoms with E-state index in [1.54, 1.807) is 18.9 Å². The van der Waals surface area contributed by atoms with Gasteiger partial charge >= 0.3 is 0 Å². The molecule has 0 bridgehead atoms. The van der Waals surface area contributed by atoms with Gasteiger partial charge in [-0.15, -0.1) is 0 Å². The molecule has 3 rings (SSSR count). The van der Waals surface area contributed by atoms with Gasteiger partial charge in [0.15, 0.2) is 6.61 Å². The summed E-state index contributed by atoms with van der Waals surface area (Å²) in [4.78, 5) is 27.7. The molecular weight excluding hydrogens is 519 g/mol. The molecule has 2 aromatic rings. The Morgan fingerprint density at radius 3 is 2.28 bits per heavy atom. The van der Waals surface area contributed by atoms with Crippen molar-refractivity contribution in [2.45, 2.75) is 57.7 Å². The second-order valence-electron chi connectivity index (χ2n) is 8.13. The molecule has 0 saturated heterocycles. The molecule has 32 heavy (non-hydrogen) atoms. The number of ether oxygens (including phenoxy) is 2. The third kappa shape index (κ3) is 7.12. The topological polar surface area (TPSA) is 67.9 Å². The van der Waals surface area contributed by atoms with E-state index in [0.717, 1.165) is 40.6 Å². The van der Waals surface area contributed by atoms with Gasteiger partial charge in [0.05, 0.1) is 7.11 Å². The smallest absolute Gasteiger partial charge is 0.261 e. The summed E-state index contributed by atoms with van der Waals surface area (Å²) < 4.78 is 12.0. The molecule has 1 atom stereocenters. The van der Waals surface area contributed by atoms with Gasteiger partial charge in [-0.05, 0) is 84.3 Å². The maximum Gasteiger partial charge on any atom is 0.261 e. The molecule has 0 radical (unpaired) electrons. The summed E-state index contributed by atoms with van der Waals surface area (Å²) >= 11 is 2.22. The normalized spacial score (nSPS) is 15.0. The lowest BCUT2D eigenvalue weighted by atomic mass is 9.95. The molecule has 0 heterocycles. The van der Waals surface area contributed by atoms with Crippen LogP contribution in [0.15, 0.2) is 48.5 Å². The number of halogens is 1. The maximum absolute atomic E-state index is 13.1. The zero-order valence-corrected chi connectivity index (χ0v) is 20.8. The van der Waals surface area contributed by atoms with E-state index in [1.165, 1.54) is 6.42 Å². The molecule has 1 aliphatic carbocycles. The predicted molar refractivity (Wildman–Crippen MR) is 133 cm³/mol. The first-order valence-corrected chi connectivity index (χ1v) is 12.2. The summed E-state index contributed by atoms with van der Waals surface area (Å²) in [6, 6.07) is 14.6. The van der Waals surface area contributed by atoms with Crippen molar-refractivity contribution in [1.29, 1.82) is 0 Å². The monoisotopic (exact) mass is 550 g/mol. The predicted octanol–water partition coefficient (Wildman–Crippen LogP) is 4.54. The molecule has 1 saturated carbocycles. The standard InChI is InChI=1S/C25H31IN2O4/c1-18(25(30)27-21-6-4-3-5-7-21)28(16-19-8-12-22(31-2)13-9-19)24(29)17-32-23-14-10-20(26)11-15-23/h8-15,18,21H,3-7,16-17H2,1-2H3,(H,27,30)/t18-/m1/s1. The Kier molecular flexibility index (Phi) is 9.20. The minimum Gasteiger partial charge on any atom is -0.497 e. The third-order valence-corrected chi connectivity index (χ3v) is 6.53. The fourth-order valence-corrected chi connectivity index (χ4v) is 4.20. The second kappa shape index (κ2) is 12.1. The minimum atomic E-state index is -0.605. The van der Waals surface area contributed by atoms with Gasteiger partial charge in [0.25, 0.3) is 5.91 Å². The zero-order valence-electron chi connectivity index (χ0n) is 18.7. The van der Waals surface area contributed by atoms with E-state index in [2.05, 4.69) is 27.9 Å². The number of nitrogens with one attached hydrogen (secondary N) is 1. The van der Waals surface area contributed by atoms with Crippen LogP contribution in [0.25, 0.3) is 0 Å². The highest BCUT2D eigenvalue weighted by molar-refractivity contribution is 14.1. The first-order valence-electron chi connectivity index (χ1n) is 11.1. The van der Waals surface area contributed by atoms with Crippen LogP contribution in [0, 0.1) is 3.57 Å². The van der Waals surface area contributed by atoms with Gasteiger partial charge in [-0.3, -0.25) is 9.59 Å². The van der Waals surface area contributed by atoms with Gasteiger partial charge in [-0.25, -0.2) is 0 Å². The number of carbonyl (C=O) groups excluding carboxylic acids is 2. The van der Waals surface area contributed by atoms with Gasteiger partial charge in [0.1, 0.15) is 17.5 Å². The molecule has 0 aliphatic heterocycles. The Bertz CT molecular complexity index is 880. The Hall–Kier alpha value is -2.29. The van der Waals surface area contributed by atoms with Crippen molar-refractivity contribution >= 4 is 34.4 Å². The summed E-state index contributed by atoms with van der Waals surface area (Å²) in [5, 5.41) is 3.14. The summed E-state index contributed by atoms with van der Waals surface area (Å²) in [7, 11) is 1.62. The zero-order chi connectivity index (χ0) is 22.9. The third-order valence-electron chi connectivity index (χ3n) is 5.81. The van der Waals surface area contributed by atoms with E-state index in [-0.39, 0.29) is 24.5 Å². The number of methoxy groups -OCH3 is 1. The lowest BCUT2D eigenvalue weighted by Gasteiger charge is -2.31. The fraction of sp³-hybridized carbons (Fsp3) is 0.440. The molecule has 2 aromatic carbocycles. The van der Waals surface area contributed by atoms with E-state index in [1.807, 2.05) is 48.5 Å². The van der Waals surface area contributed by atoms with Gasteiger partial charge in [0.2, 0.25) is 5.91 Å². The number of rotatable bonds is 9. The number of hydrogen-bond donors (Lipinski definition) is 1. The molecule has 0 spiro atoms. The van der Waals surface area contributed by atoms with Crippen LogP contribution in [0.1, 0.15) is 44.6 Å².